The van der Waals surface area contributed by atoms with Crippen molar-refractivity contribution < 1.29 is 9.21 Å². The summed E-state index contributed by atoms with van der Waals surface area (Å²) < 4.78 is 5.39. The van der Waals surface area contributed by atoms with Crippen molar-refractivity contribution >= 4 is 5.91 Å². The summed E-state index contributed by atoms with van der Waals surface area (Å²) in [6, 6.07) is 2.13. The van der Waals surface area contributed by atoms with E-state index in [0.717, 1.165) is 12.3 Å². The number of amides is 1. The lowest BCUT2D eigenvalue weighted by Gasteiger charge is -2.39. The molecule has 1 aromatic rings. The summed E-state index contributed by atoms with van der Waals surface area (Å²) in [6.45, 7) is 9.88. The van der Waals surface area contributed by atoms with Crippen molar-refractivity contribution in [2.45, 2.75) is 46.6 Å². The van der Waals surface area contributed by atoms with Crippen molar-refractivity contribution in [3.05, 3.63) is 23.2 Å². The largest absolute Gasteiger partial charge is 0.466 e. The minimum Gasteiger partial charge on any atom is -0.466 e. The molecule has 0 aliphatic carbocycles. The third kappa shape index (κ3) is 3.18. The van der Waals surface area contributed by atoms with Crippen LogP contribution in [0.15, 0.2) is 10.5 Å². The Kier molecular flexibility index (Phi) is 3.99. The lowest BCUT2D eigenvalue weighted by Crippen LogP contribution is -2.52. The van der Waals surface area contributed by atoms with E-state index in [2.05, 4.69) is 24.5 Å². The molecule has 0 radical (unpaired) electrons. The fraction of sp³-hybridized carbons (Fsp3) is 0.667. The molecule has 0 spiro atoms. The van der Waals surface area contributed by atoms with Gasteiger partial charge in [-0.1, -0.05) is 13.8 Å². The fourth-order valence-corrected chi connectivity index (χ4v) is 2.77. The highest BCUT2D eigenvalue weighted by Crippen LogP contribution is 2.29. The maximum absolute atomic E-state index is 12.1. The molecule has 1 atom stereocenters. The average Bonchev–Trinajstić information content (AvgIpc) is 2.66. The molecule has 2 rings (SSSR count). The van der Waals surface area contributed by atoms with Gasteiger partial charge < -0.3 is 15.1 Å². The minimum absolute atomic E-state index is 0.0440. The van der Waals surface area contributed by atoms with Crippen LogP contribution in [0.2, 0.25) is 0 Å². The van der Waals surface area contributed by atoms with E-state index in [0.29, 0.717) is 23.9 Å². The summed E-state index contributed by atoms with van der Waals surface area (Å²) >= 11 is 0. The van der Waals surface area contributed by atoms with Crippen LogP contribution in [-0.2, 0) is 0 Å². The molecule has 1 aliphatic rings. The van der Waals surface area contributed by atoms with E-state index in [1.165, 1.54) is 12.8 Å². The number of aryl methyl sites for hydroxylation is 2. The van der Waals surface area contributed by atoms with Crippen LogP contribution in [0.5, 0.6) is 0 Å². The number of piperidine rings is 1. The van der Waals surface area contributed by atoms with Crippen molar-refractivity contribution in [1.29, 1.82) is 0 Å². The molecule has 1 aliphatic heterocycles. The number of carbonyl (C=O) groups is 1. The molecule has 1 fully saturated rings. The van der Waals surface area contributed by atoms with Gasteiger partial charge >= 0.3 is 0 Å². The molecule has 19 heavy (non-hydrogen) atoms. The molecule has 1 aromatic heterocycles. The van der Waals surface area contributed by atoms with Gasteiger partial charge in [-0.05, 0) is 44.7 Å². The molecule has 0 bridgehead atoms. The lowest BCUT2D eigenvalue weighted by molar-refractivity contribution is 0.0927. The standard InChI is InChI=1S/C15H24N2O2/c1-10-8-12(11(2)19-10)14(18)17-9-13-15(3,4)6-5-7-16-13/h8,13,16H,5-7,9H2,1-4H3,(H,17,18). The first kappa shape index (κ1) is 14.1. The number of nitrogens with one attached hydrogen (secondary N) is 2. The second kappa shape index (κ2) is 5.37. The van der Waals surface area contributed by atoms with E-state index in [4.69, 9.17) is 4.42 Å². The van der Waals surface area contributed by atoms with Gasteiger partial charge in [0.05, 0.1) is 5.56 Å². The monoisotopic (exact) mass is 264 g/mol. The lowest BCUT2D eigenvalue weighted by atomic mass is 9.77. The van der Waals surface area contributed by atoms with E-state index in [-0.39, 0.29) is 11.3 Å². The molecule has 4 nitrogen and oxygen atoms in total. The summed E-state index contributed by atoms with van der Waals surface area (Å²) in [5, 5.41) is 6.51. The van der Waals surface area contributed by atoms with Crippen LogP contribution < -0.4 is 10.6 Å². The van der Waals surface area contributed by atoms with Crippen LogP contribution in [0.1, 0.15) is 48.6 Å². The quantitative estimate of drug-likeness (QED) is 0.881. The number of furan rings is 1. The molecular weight excluding hydrogens is 240 g/mol. The number of hydrogen-bond acceptors (Lipinski definition) is 3. The average molecular weight is 264 g/mol. The Labute approximate surface area is 114 Å². The minimum atomic E-state index is -0.0440. The second-order valence-corrected chi connectivity index (χ2v) is 6.14. The van der Waals surface area contributed by atoms with Gasteiger partial charge in [0, 0.05) is 12.6 Å². The topological polar surface area (TPSA) is 54.3 Å². The first-order chi connectivity index (χ1) is 8.90. The molecule has 2 heterocycles. The number of carbonyl (C=O) groups excluding carboxylic acids is 1. The number of hydrogen-bond donors (Lipinski definition) is 2. The van der Waals surface area contributed by atoms with Crippen LogP contribution in [0, 0.1) is 19.3 Å². The van der Waals surface area contributed by atoms with E-state index in [9.17, 15) is 4.79 Å². The van der Waals surface area contributed by atoms with Gasteiger partial charge in [0.25, 0.3) is 5.91 Å². The normalized spacial score (nSPS) is 22.2. The van der Waals surface area contributed by atoms with Gasteiger partial charge in [-0.2, -0.15) is 0 Å². The highest BCUT2D eigenvalue weighted by molar-refractivity contribution is 5.95. The van der Waals surface area contributed by atoms with Gasteiger partial charge in [0.15, 0.2) is 0 Å². The molecule has 1 saturated heterocycles. The van der Waals surface area contributed by atoms with Gasteiger partial charge in [0.1, 0.15) is 11.5 Å². The van der Waals surface area contributed by atoms with Crippen molar-refractivity contribution in [2.24, 2.45) is 5.41 Å². The smallest absolute Gasteiger partial charge is 0.254 e. The predicted molar refractivity (Wildman–Crippen MR) is 75.3 cm³/mol. The number of rotatable bonds is 3. The van der Waals surface area contributed by atoms with Crippen LogP contribution >= 0.6 is 0 Å². The maximum atomic E-state index is 12.1. The first-order valence-corrected chi connectivity index (χ1v) is 6.99. The van der Waals surface area contributed by atoms with Crippen molar-refractivity contribution in [1.82, 2.24) is 10.6 Å². The molecule has 1 amide bonds. The molecule has 0 saturated carbocycles. The summed E-state index contributed by atoms with van der Waals surface area (Å²) in [7, 11) is 0. The van der Waals surface area contributed by atoms with Crippen molar-refractivity contribution in [3.63, 3.8) is 0 Å². The van der Waals surface area contributed by atoms with E-state index >= 15 is 0 Å². The Balaban J connectivity index is 1.95. The zero-order valence-electron chi connectivity index (χ0n) is 12.3. The van der Waals surface area contributed by atoms with Gasteiger partial charge in [-0.25, -0.2) is 0 Å². The first-order valence-electron chi connectivity index (χ1n) is 6.99. The van der Waals surface area contributed by atoms with Crippen LogP contribution in [0.3, 0.4) is 0 Å². The van der Waals surface area contributed by atoms with Gasteiger partial charge in [-0.15, -0.1) is 0 Å². The zero-order chi connectivity index (χ0) is 14.0. The molecule has 2 N–H and O–H groups in total. The molecule has 1 unspecified atom stereocenters. The Hall–Kier alpha value is -1.29. The highest BCUT2D eigenvalue weighted by atomic mass is 16.3. The van der Waals surface area contributed by atoms with Gasteiger partial charge in [-0.3, -0.25) is 4.79 Å². The van der Waals surface area contributed by atoms with Crippen LogP contribution in [-0.4, -0.2) is 25.0 Å². The van der Waals surface area contributed by atoms with Crippen LogP contribution in [0.25, 0.3) is 0 Å². The molecule has 0 aromatic carbocycles. The second-order valence-electron chi connectivity index (χ2n) is 6.14. The maximum Gasteiger partial charge on any atom is 0.254 e. The highest BCUT2D eigenvalue weighted by Gasteiger charge is 2.32. The van der Waals surface area contributed by atoms with E-state index in [1.807, 2.05) is 13.8 Å². The van der Waals surface area contributed by atoms with Crippen LogP contribution in [0.4, 0.5) is 0 Å². The molecule has 4 heteroatoms. The Bertz CT molecular complexity index is 463. The predicted octanol–water partition coefficient (Wildman–Crippen LogP) is 2.40. The summed E-state index contributed by atoms with van der Waals surface area (Å²) in [6.07, 6.45) is 2.40. The van der Waals surface area contributed by atoms with Crippen molar-refractivity contribution in [3.8, 4) is 0 Å². The van der Waals surface area contributed by atoms with Gasteiger partial charge in [0.2, 0.25) is 0 Å². The molecule has 106 valence electrons. The molecular formula is C15H24N2O2. The van der Waals surface area contributed by atoms with E-state index in [1.54, 1.807) is 6.07 Å². The Morgan fingerprint density at radius 1 is 1.53 bits per heavy atom. The third-order valence-electron chi connectivity index (χ3n) is 4.08. The van der Waals surface area contributed by atoms with E-state index < -0.39 is 0 Å². The zero-order valence-corrected chi connectivity index (χ0v) is 12.3. The van der Waals surface area contributed by atoms with Crippen molar-refractivity contribution in [2.75, 3.05) is 13.1 Å². The summed E-state index contributed by atoms with van der Waals surface area (Å²) in [5.41, 5.74) is 0.874. The summed E-state index contributed by atoms with van der Waals surface area (Å²) in [5.74, 6) is 1.42. The summed E-state index contributed by atoms with van der Waals surface area (Å²) in [4.78, 5) is 12.1. The Morgan fingerprint density at radius 2 is 2.26 bits per heavy atom. The SMILES string of the molecule is Cc1cc(C(=O)NCC2NCCCC2(C)C)c(C)o1. The fourth-order valence-electron chi connectivity index (χ4n) is 2.77. The Morgan fingerprint density at radius 3 is 2.84 bits per heavy atom. The third-order valence-corrected chi connectivity index (χ3v) is 4.08.